The maximum atomic E-state index is 7.10. The fourth-order valence-electron chi connectivity index (χ4n) is 1.65. The second-order valence-corrected chi connectivity index (χ2v) is 4.26. The molecule has 0 atom stereocenters. The molecule has 1 rings (SSSR count). The maximum Gasteiger partial charge on any atom is 0.0389 e. The van der Waals surface area contributed by atoms with Crippen LogP contribution in [0.1, 0.15) is 50.2 Å². The number of nitrogens with zero attached hydrogens (tertiary/aromatic N) is 1. The average molecular weight is 230 g/mol. The number of benzene rings is 1. The Labute approximate surface area is 104 Å². The van der Waals surface area contributed by atoms with E-state index in [1.807, 2.05) is 30.5 Å². The van der Waals surface area contributed by atoms with Gasteiger partial charge in [-0.1, -0.05) is 56.9 Å². The third-order valence-electron chi connectivity index (χ3n) is 2.73. The predicted octanol–water partition coefficient (Wildman–Crippen LogP) is 4.07. The van der Waals surface area contributed by atoms with E-state index in [-0.39, 0.29) is 0 Å². The molecule has 0 saturated heterocycles. The van der Waals surface area contributed by atoms with Crippen molar-refractivity contribution in [1.82, 2.24) is 0 Å². The van der Waals surface area contributed by atoms with Gasteiger partial charge in [0.2, 0.25) is 0 Å². The van der Waals surface area contributed by atoms with Crippen LogP contribution in [0.4, 0.5) is 0 Å². The Kier molecular flexibility index (Phi) is 6.96. The predicted molar refractivity (Wildman–Crippen MR) is 75.5 cm³/mol. The van der Waals surface area contributed by atoms with E-state index in [2.05, 4.69) is 11.9 Å². The van der Waals surface area contributed by atoms with Crippen LogP contribution in [-0.2, 0) is 0 Å². The Hall–Kier alpha value is -1.44. The van der Waals surface area contributed by atoms with Crippen molar-refractivity contribution in [1.29, 1.82) is 5.41 Å². The summed E-state index contributed by atoms with van der Waals surface area (Å²) < 4.78 is 0. The molecule has 1 aromatic rings. The first-order chi connectivity index (χ1) is 8.36. The summed E-state index contributed by atoms with van der Waals surface area (Å²) >= 11 is 0. The molecule has 0 heterocycles. The van der Waals surface area contributed by atoms with Crippen molar-refractivity contribution in [3.63, 3.8) is 0 Å². The summed E-state index contributed by atoms with van der Waals surface area (Å²) in [4.78, 5) is 4.41. The number of hydrogen-bond donors (Lipinski definition) is 1. The normalized spacial score (nSPS) is 10.9. The molecule has 0 saturated carbocycles. The quantitative estimate of drug-likeness (QED) is 0.516. The standard InChI is InChI=1S/C15H22N2/c1-2-3-4-5-6-11-17-13-15-9-7-14(12-16)8-10-15/h7-10,12-13,16H,2-6,11H2,1H3. The Morgan fingerprint density at radius 3 is 2.29 bits per heavy atom. The van der Waals surface area contributed by atoms with Crippen LogP contribution in [0.3, 0.4) is 0 Å². The Morgan fingerprint density at radius 1 is 1.00 bits per heavy atom. The molecule has 1 aromatic carbocycles. The highest BCUT2D eigenvalue weighted by Gasteiger charge is 1.89. The van der Waals surface area contributed by atoms with Crippen LogP contribution >= 0.6 is 0 Å². The molecule has 1 N–H and O–H groups in total. The molecular weight excluding hydrogens is 208 g/mol. The average Bonchev–Trinajstić information content (AvgIpc) is 2.38. The highest BCUT2D eigenvalue weighted by Crippen LogP contribution is 2.03. The summed E-state index contributed by atoms with van der Waals surface area (Å²) in [7, 11) is 0. The molecule has 0 aromatic heterocycles. The van der Waals surface area contributed by atoms with E-state index < -0.39 is 0 Å². The van der Waals surface area contributed by atoms with Crippen LogP contribution in [0.5, 0.6) is 0 Å². The van der Waals surface area contributed by atoms with Gasteiger partial charge in [0, 0.05) is 19.0 Å². The summed E-state index contributed by atoms with van der Waals surface area (Å²) in [5, 5.41) is 7.10. The molecular formula is C15H22N2. The third-order valence-corrected chi connectivity index (χ3v) is 2.73. The van der Waals surface area contributed by atoms with Crippen molar-refractivity contribution in [2.75, 3.05) is 6.54 Å². The zero-order valence-electron chi connectivity index (χ0n) is 10.7. The fraction of sp³-hybridized carbons (Fsp3) is 0.467. The first kappa shape index (κ1) is 13.6. The van der Waals surface area contributed by atoms with Crippen LogP contribution in [0, 0.1) is 5.41 Å². The molecule has 0 aliphatic heterocycles. The van der Waals surface area contributed by atoms with Gasteiger partial charge in [0.1, 0.15) is 0 Å². The van der Waals surface area contributed by atoms with Crippen molar-refractivity contribution in [3.05, 3.63) is 35.4 Å². The van der Waals surface area contributed by atoms with Crippen molar-refractivity contribution in [2.24, 2.45) is 4.99 Å². The molecule has 0 aliphatic rings. The molecule has 0 aliphatic carbocycles. The zero-order chi connectivity index (χ0) is 12.3. The minimum Gasteiger partial charge on any atom is -0.308 e. The molecule has 0 unspecified atom stereocenters. The minimum absolute atomic E-state index is 0.927. The van der Waals surface area contributed by atoms with Crippen LogP contribution in [0.15, 0.2) is 29.3 Å². The van der Waals surface area contributed by atoms with E-state index in [0.29, 0.717) is 0 Å². The number of hydrogen-bond acceptors (Lipinski definition) is 2. The van der Waals surface area contributed by atoms with Gasteiger partial charge >= 0.3 is 0 Å². The van der Waals surface area contributed by atoms with Crippen molar-refractivity contribution >= 4 is 12.4 Å². The van der Waals surface area contributed by atoms with Crippen LogP contribution in [0.2, 0.25) is 0 Å². The van der Waals surface area contributed by atoms with Gasteiger partial charge in [0.25, 0.3) is 0 Å². The largest absolute Gasteiger partial charge is 0.308 e. The summed E-state index contributed by atoms with van der Waals surface area (Å²) in [6, 6.07) is 7.88. The summed E-state index contributed by atoms with van der Waals surface area (Å²) in [6.45, 7) is 3.16. The van der Waals surface area contributed by atoms with Gasteiger partial charge in [-0.05, 0) is 17.5 Å². The maximum absolute atomic E-state index is 7.10. The third kappa shape index (κ3) is 6.00. The highest BCUT2D eigenvalue weighted by atomic mass is 14.7. The molecule has 0 radical (unpaired) electrons. The van der Waals surface area contributed by atoms with E-state index in [1.165, 1.54) is 38.3 Å². The molecule has 0 spiro atoms. The van der Waals surface area contributed by atoms with E-state index in [9.17, 15) is 0 Å². The number of rotatable bonds is 8. The molecule has 17 heavy (non-hydrogen) atoms. The van der Waals surface area contributed by atoms with Crippen LogP contribution < -0.4 is 0 Å². The Morgan fingerprint density at radius 2 is 1.65 bits per heavy atom. The number of aliphatic imine (C=N–C) groups is 1. The molecule has 92 valence electrons. The molecule has 2 nitrogen and oxygen atoms in total. The topological polar surface area (TPSA) is 36.2 Å². The van der Waals surface area contributed by atoms with E-state index in [1.54, 1.807) is 0 Å². The van der Waals surface area contributed by atoms with Crippen LogP contribution in [0.25, 0.3) is 0 Å². The lowest BCUT2D eigenvalue weighted by Crippen LogP contribution is -1.87. The van der Waals surface area contributed by atoms with Gasteiger partial charge in [-0.2, -0.15) is 0 Å². The van der Waals surface area contributed by atoms with Crippen molar-refractivity contribution in [3.8, 4) is 0 Å². The lowest BCUT2D eigenvalue weighted by molar-refractivity contribution is 0.639. The second kappa shape index (κ2) is 8.68. The molecule has 2 heteroatoms. The summed E-state index contributed by atoms with van der Waals surface area (Å²) in [5.74, 6) is 0. The number of nitrogens with one attached hydrogen (secondary N) is 1. The molecule has 0 fully saturated rings. The smallest absolute Gasteiger partial charge is 0.0389 e. The van der Waals surface area contributed by atoms with Crippen LogP contribution in [-0.4, -0.2) is 19.0 Å². The zero-order valence-corrected chi connectivity index (χ0v) is 10.7. The number of unbranched alkanes of at least 4 members (excludes halogenated alkanes) is 4. The highest BCUT2D eigenvalue weighted by molar-refractivity contribution is 5.82. The first-order valence-corrected chi connectivity index (χ1v) is 6.47. The van der Waals surface area contributed by atoms with Gasteiger partial charge in [-0.25, -0.2) is 0 Å². The fourth-order valence-corrected chi connectivity index (χ4v) is 1.65. The minimum atomic E-state index is 0.927. The Balaban J connectivity index is 2.21. The van der Waals surface area contributed by atoms with Crippen molar-refractivity contribution < 1.29 is 0 Å². The second-order valence-electron chi connectivity index (χ2n) is 4.26. The van der Waals surface area contributed by atoms with Gasteiger partial charge in [-0.15, -0.1) is 0 Å². The summed E-state index contributed by atoms with van der Waals surface area (Å²) in [5.41, 5.74) is 2.05. The van der Waals surface area contributed by atoms with E-state index in [0.717, 1.165) is 17.7 Å². The SMILES string of the molecule is CCCCCCCN=Cc1ccc(C=N)cc1. The van der Waals surface area contributed by atoms with Gasteiger partial charge in [0.05, 0.1) is 0 Å². The Bertz CT molecular complexity index is 338. The van der Waals surface area contributed by atoms with E-state index in [4.69, 9.17) is 5.41 Å². The van der Waals surface area contributed by atoms with Gasteiger partial charge in [0.15, 0.2) is 0 Å². The first-order valence-electron chi connectivity index (χ1n) is 6.47. The lowest BCUT2D eigenvalue weighted by Gasteiger charge is -1.97. The lowest BCUT2D eigenvalue weighted by atomic mass is 10.1. The van der Waals surface area contributed by atoms with E-state index >= 15 is 0 Å². The van der Waals surface area contributed by atoms with Crippen molar-refractivity contribution in [2.45, 2.75) is 39.0 Å². The van der Waals surface area contributed by atoms with Gasteiger partial charge in [-0.3, -0.25) is 4.99 Å². The monoisotopic (exact) mass is 230 g/mol. The van der Waals surface area contributed by atoms with Gasteiger partial charge < -0.3 is 5.41 Å². The molecule has 0 bridgehead atoms. The molecule has 0 amide bonds. The summed E-state index contributed by atoms with van der Waals surface area (Å²) in [6.07, 6.45) is 9.73.